The van der Waals surface area contributed by atoms with Gasteiger partial charge in [0.05, 0.1) is 0 Å². The van der Waals surface area contributed by atoms with Gasteiger partial charge >= 0.3 is 0 Å². The Bertz CT molecular complexity index is 491. The molecule has 21 heavy (non-hydrogen) atoms. The molecule has 6 heteroatoms. The van der Waals surface area contributed by atoms with Crippen molar-refractivity contribution in [2.75, 3.05) is 31.5 Å². The number of nitrogens with one attached hydrogen (secondary N) is 1. The van der Waals surface area contributed by atoms with E-state index in [2.05, 4.69) is 17.1 Å². The van der Waals surface area contributed by atoms with E-state index < -0.39 is 11.6 Å². The van der Waals surface area contributed by atoms with E-state index in [-0.39, 0.29) is 16.2 Å². The molecule has 3 nitrogen and oxygen atoms in total. The van der Waals surface area contributed by atoms with Gasteiger partial charge in [-0.15, -0.1) is 0 Å². The third-order valence-electron chi connectivity index (χ3n) is 4.05. The lowest BCUT2D eigenvalue weighted by atomic mass is 9.96. The quantitative estimate of drug-likeness (QED) is 0.820. The van der Waals surface area contributed by atoms with Crippen LogP contribution in [-0.4, -0.2) is 36.1 Å². The van der Waals surface area contributed by atoms with E-state index in [1.54, 1.807) is 0 Å². The molecule has 2 rings (SSSR count). The Kier molecular flexibility index (Phi) is 5.47. The molecule has 1 aliphatic heterocycles. The van der Waals surface area contributed by atoms with Crippen molar-refractivity contribution in [2.45, 2.75) is 19.8 Å². The number of thiocarbonyl (C=S) groups is 1. The highest BCUT2D eigenvalue weighted by Gasteiger charge is 2.19. The molecule has 1 aliphatic rings. The maximum absolute atomic E-state index is 13.9. The molecule has 1 heterocycles. The third kappa shape index (κ3) is 4.11. The predicted octanol–water partition coefficient (Wildman–Crippen LogP) is 2.74. The van der Waals surface area contributed by atoms with Gasteiger partial charge in [-0.25, -0.2) is 8.78 Å². The molecular weight excluding hydrogens is 292 g/mol. The Morgan fingerprint density at radius 2 is 1.90 bits per heavy atom. The SMILES string of the molecule is CCN1CCC(CNc2c(F)cc(C(N)=S)cc2F)CC1. The van der Waals surface area contributed by atoms with Crippen LogP contribution < -0.4 is 11.1 Å². The van der Waals surface area contributed by atoms with Gasteiger partial charge in [0.2, 0.25) is 0 Å². The van der Waals surface area contributed by atoms with Crippen molar-refractivity contribution < 1.29 is 8.78 Å². The van der Waals surface area contributed by atoms with Crippen LogP contribution in [0.3, 0.4) is 0 Å². The molecule has 0 aromatic heterocycles. The van der Waals surface area contributed by atoms with E-state index >= 15 is 0 Å². The Hall–Kier alpha value is -1.27. The van der Waals surface area contributed by atoms with Crippen molar-refractivity contribution in [1.29, 1.82) is 0 Å². The van der Waals surface area contributed by atoms with Gasteiger partial charge in [0.25, 0.3) is 0 Å². The maximum Gasteiger partial charge on any atom is 0.150 e. The first kappa shape index (κ1) is 16.1. The highest BCUT2D eigenvalue weighted by Crippen LogP contribution is 2.23. The fraction of sp³-hybridized carbons (Fsp3) is 0.533. The summed E-state index contributed by atoms with van der Waals surface area (Å²) in [6.07, 6.45) is 2.10. The Balaban J connectivity index is 1.96. The second-order valence-electron chi connectivity index (χ2n) is 5.44. The first-order valence-corrected chi connectivity index (χ1v) is 7.67. The number of benzene rings is 1. The Labute approximate surface area is 129 Å². The lowest BCUT2D eigenvalue weighted by Gasteiger charge is -2.31. The normalized spacial score (nSPS) is 16.9. The van der Waals surface area contributed by atoms with Gasteiger partial charge in [0.1, 0.15) is 22.3 Å². The van der Waals surface area contributed by atoms with Crippen LogP contribution in [0.4, 0.5) is 14.5 Å². The summed E-state index contributed by atoms with van der Waals surface area (Å²) >= 11 is 4.73. The lowest BCUT2D eigenvalue weighted by Crippen LogP contribution is -2.35. The monoisotopic (exact) mass is 313 g/mol. The molecule has 3 N–H and O–H groups in total. The van der Waals surface area contributed by atoms with Gasteiger partial charge in [0, 0.05) is 12.1 Å². The summed E-state index contributed by atoms with van der Waals surface area (Å²) in [5.41, 5.74) is 5.51. The second kappa shape index (κ2) is 7.13. The number of anilines is 1. The van der Waals surface area contributed by atoms with E-state index in [0.717, 1.165) is 32.5 Å². The minimum absolute atomic E-state index is 0.00807. The van der Waals surface area contributed by atoms with Crippen molar-refractivity contribution in [3.63, 3.8) is 0 Å². The number of nitrogens with zero attached hydrogens (tertiary/aromatic N) is 1. The van der Waals surface area contributed by atoms with Crippen LogP contribution in [0.15, 0.2) is 12.1 Å². The molecule has 1 aromatic rings. The van der Waals surface area contributed by atoms with E-state index in [0.29, 0.717) is 12.5 Å². The molecule has 1 saturated heterocycles. The maximum atomic E-state index is 13.9. The molecule has 0 aliphatic carbocycles. The Morgan fingerprint density at radius 1 is 1.33 bits per heavy atom. The van der Waals surface area contributed by atoms with Crippen LogP contribution in [-0.2, 0) is 0 Å². The first-order chi connectivity index (χ1) is 10.0. The topological polar surface area (TPSA) is 41.3 Å². The zero-order chi connectivity index (χ0) is 15.4. The average Bonchev–Trinajstić information content (AvgIpc) is 2.46. The summed E-state index contributed by atoms with van der Waals surface area (Å²) in [6.45, 7) is 5.89. The van der Waals surface area contributed by atoms with Crippen molar-refractivity contribution >= 4 is 22.9 Å². The van der Waals surface area contributed by atoms with Crippen LogP contribution >= 0.6 is 12.2 Å². The molecule has 0 spiro atoms. The van der Waals surface area contributed by atoms with Gasteiger partial charge in [-0.2, -0.15) is 0 Å². The van der Waals surface area contributed by atoms with Crippen molar-refractivity contribution in [3.8, 4) is 0 Å². The van der Waals surface area contributed by atoms with Crippen molar-refractivity contribution in [2.24, 2.45) is 11.7 Å². The van der Waals surface area contributed by atoms with Crippen molar-refractivity contribution in [3.05, 3.63) is 29.3 Å². The summed E-state index contributed by atoms with van der Waals surface area (Å²) in [4.78, 5) is 2.38. The molecule has 0 bridgehead atoms. The predicted molar refractivity (Wildman–Crippen MR) is 85.6 cm³/mol. The highest BCUT2D eigenvalue weighted by atomic mass is 32.1. The third-order valence-corrected chi connectivity index (χ3v) is 4.28. The number of piperidine rings is 1. The van der Waals surface area contributed by atoms with Gasteiger partial charge in [0.15, 0.2) is 0 Å². The first-order valence-electron chi connectivity index (χ1n) is 7.26. The highest BCUT2D eigenvalue weighted by molar-refractivity contribution is 7.80. The van der Waals surface area contributed by atoms with Crippen LogP contribution in [0.25, 0.3) is 0 Å². The molecule has 1 aromatic carbocycles. The average molecular weight is 313 g/mol. The molecular formula is C15H21F2N3S. The van der Waals surface area contributed by atoms with E-state index in [4.69, 9.17) is 18.0 Å². The summed E-state index contributed by atoms with van der Waals surface area (Å²) in [6, 6.07) is 2.35. The van der Waals surface area contributed by atoms with Crippen LogP contribution in [0.1, 0.15) is 25.3 Å². The number of hydrogen-bond donors (Lipinski definition) is 2. The molecule has 0 radical (unpaired) electrons. The zero-order valence-electron chi connectivity index (χ0n) is 12.2. The largest absolute Gasteiger partial charge is 0.389 e. The smallest absolute Gasteiger partial charge is 0.150 e. The fourth-order valence-electron chi connectivity index (χ4n) is 2.64. The summed E-state index contributed by atoms with van der Waals surface area (Å²) in [5, 5.41) is 2.90. The molecule has 0 atom stereocenters. The molecule has 1 fully saturated rings. The zero-order valence-corrected chi connectivity index (χ0v) is 13.0. The second-order valence-corrected chi connectivity index (χ2v) is 5.88. The Morgan fingerprint density at radius 3 is 2.38 bits per heavy atom. The van der Waals surface area contributed by atoms with E-state index in [9.17, 15) is 8.78 Å². The number of hydrogen-bond acceptors (Lipinski definition) is 3. The van der Waals surface area contributed by atoms with Crippen molar-refractivity contribution in [1.82, 2.24) is 4.90 Å². The van der Waals surface area contributed by atoms with Crippen LogP contribution in [0.5, 0.6) is 0 Å². The number of rotatable bonds is 5. The van der Waals surface area contributed by atoms with Crippen LogP contribution in [0.2, 0.25) is 0 Å². The molecule has 116 valence electrons. The van der Waals surface area contributed by atoms with Gasteiger partial charge in [-0.3, -0.25) is 0 Å². The number of nitrogens with two attached hydrogens (primary N) is 1. The van der Waals surface area contributed by atoms with Crippen LogP contribution in [0, 0.1) is 17.6 Å². The molecule has 0 saturated carbocycles. The number of halogens is 2. The summed E-state index contributed by atoms with van der Waals surface area (Å²) < 4.78 is 27.8. The van der Waals surface area contributed by atoms with E-state index in [1.807, 2.05) is 0 Å². The fourth-order valence-corrected chi connectivity index (χ4v) is 2.76. The van der Waals surface area contributed by atoms with Gasteiger partial charge < -0.3 is 16.0 Å². The number of likely N-dealkylation sites (tertiary alicyclic amines) is 1. The van der Waals surface area contributed by atoms with E-state index in [1.165, 1.54) is 12.1 Å². The lowest BCUT2D eigenvalue weighted by molar-refractivity contribution is 0.198. The van der Waals surface area contributed by atoms with Gasteiger partial charge in [-0.1, -0.05) is 19.1 Å². The summed E-state index contributed by atoms with van der Waals surface area (Å²) in [7, 11) is 0. The molecule has 0 unspecified atom stereocenters. The minimum atomic E-state index is -0.649. The molecule has 0 amide bonds. The minimum Gasteiger partial charge on any atom is -0.389 e. The van der Waals surface area contributed by atoms with Gasteiger partial charge in [-0.05, 0) is 50.5 Å². The summed E-state index contributed by atoms with van der Waals surface area (Å²) in [5.74, 6) is -0.852. The standard InChI is InChI=1S/C15H21F2N3S/c1-2-20-5-3-10(4-6-20)9-19-14-12(16)7-11(15(18)21)8-13(14)17/h7-8,10,19H,2-6,9H2,1H3,(H2,18,21).